The summed E-state index contributed by atoms with van der Waals surface area (Å²) < 4.78 is 6.72. The number of amides is 1. The lowest BCUT2D eigenvalue weighted by molar-refractivity contribution is -0.167. The highest BCUT2D eigenvalue weighted by Gasteiger charge is 2.40. The number of nitrogens with zero attached hydrogens (tertiary/aromatic N) is 1. The number of aliphatic hydroxyl groups is 1. The molecule has 0 bridgehead atoms. The summed E-state index contributed by atoms with van der Waals surface area (Å²) in [5.41, 5.74) is -3.61. The molecule has 0 aliphatic carbocycles. The van der Waals surface area contributed by atoms with Crippen LogP contribution in [0.4, 0.5) is 0 Å². The monoisotopic (exact) mass is 397 g/mol. The number of nitrogens with one attached hydrogen (secondary N) is 2. The Morgan fingerprint density at radius 1 is 1.25 bits per heavy atom. The molecule has 28 heavy (non-hydrogen) atoms. The third kappa shape index (κ3) is 4.92. The van der Waals surface area contributed by atoms with Crippen molar-refractivity contribution in [1.29, 1.82) is 0 Å². The molecule has 0 spiro atoms. The second-order valence-electron chi connectivity index (χ2n) is 6.32. The number of aliphatic carboxylic acids is 2. The van der Waals surface area contributed by atoms with E-state index in [1.54, 1.807) is 6.08 Å². The minimum Gasteiger partial charge on any atom is -0.481 e. The van der Waals surface area contributed by atoms with Crippen molar-refractivity contribution >= 4 is 17.8 Å². The molecule has 12 nitrogen and oxygen atoms in total. The van der Waals surface area contributed by atoms with Crippen LogP contribution >= 0.6 is 0 Å². The van der Waals surface area contributed by atoms with Crippen LogP contribution in [0.25, 0.3) is 0 Å². The van der Waals surface area contributed by atoms with Gasteiger partial charge in [0.15, 0.2) is 11.8 Å². The highest BCUT2D eigenvalue weighted by Crippen LogP contribution is 2.20. The van der Waals surface area contributed by atoms with Crippen molar-refractivity contribution in [3.8, 4) is 0 Å². The van der Waals surface area contributed by atoms with Gasteiger partial charge in [0.25, 0.3) is 5.56 Å². The minimum atomic E-state index is -2.73. The van der Waals surface area contributed by atoms with Crippen LogP contribution in [0.5, 0.6) is 0 Å². The van der Waals surface area contributed by atoms with Crippen molar-refractivity contribution in [1.82, 2.24) is 14.9 Å². The summed E-state index contributed by atoms with van der Waals surface area (Å²) >= 11 is 0. The van der Waals surface area contributed by atoms with Gasteiger partial charge in [-0.05, 0) is 13.0 Å². The average molecular weight is 397 g/mol. The second kappa shape index (κ2) is 8.19. The third-order valence-electron chi connectivity index (χ3n) is 4.02. The van der Waals surface area contributed by atoms with E-state index in [1.807, 2.05) is 0 Å². The normalized spacial score (nSPS) is 20.5. The maximum Gasteiger partial charge on any atom is 0.336 e. The van der Waals surface area contributed by atoms with Gasteiger partial charge in [0.05, 0.1) is 18.9 Å². The fourth-order valence-corrected chi connectivity index (χ4v) is 2.54. The van der Waals surface area contributed by atoms with Crippen LogP contribution in [0.2, 0.25) is 0 Å². The first-order chi connectivity index (χ1) is 13.0. The largest absolute Gasteiger partial charge is 0.481 e. The first kappa shape index (κ1) is 21.1. The number of H-pyrrole nitrogens is 1. The number of carboxylic acid groups (broad SMARTS) is 2. The molecule has 0 saturated heterocycles. The number of carboxylic acids is 2. The minimum absolute atomic E-state index is 0.105. The van der Waals surface area contributed by atoms with E-state index in [0.29, 0.717) is 5.56 Å². The van der Waals surface area contributed by atoms with E-state index in [9.17, 15) is 29.1 Å². The maximum atomic E-state index is 11.9. The Kier molecular flexibility index (Phi) is 6.16. The van der Waals surface area contributed by atoms with E-state index in [0.717, 1.165) is 4.57 Å². The van der Waals surface area contributed by atoms with Crippen LogP contribution in [0.1, 0.15) is 24.6 Å². The molecule has 152 valence electrons. The predicted molar refractivity (Wildman–Crippen MR) is 91.6 cm³/mol. The molecule has 0 fully saturated rings. The predicted octanol–water partition coefficient (Wildman–Crippen LogP) is -1.90. The van der Waals surface area contributed by atoms with E-state index in [2.05, 4.69) is 10.3 Å². The molecule has 0 radical (unpaired) electrons. The zero-order valence-corrected chi connectivity index (χ0v) is 14.7. The van der Waals surface area contributed by atoms with E-state index >= 15 is 0 Å². The van der Waals surface area contributed by atoms with Gasteiger partial charge in [-0.25, -0.2) is 9.59 Å². The molecule has 1 aromatic rings. The van der Waals surface area contributed by atoms with Gasteiger partial charge in [-0.1, -0.05) is 6.08 Å². The van der Waals surface area contributed by atoms with Crippen LogP contribution in [-0.2, 0) is 19.1 Å². The maximum absolute atomic E-state index is 11.9. The van der Waals surface area contributed by atoms with Gasteiger partial charge in [0, 0.05) is 18.3 Å². The van der Waals surface area contributed by atoms with Gasteiger partial charge in [0.1, 0.15) is 0 Å². The number of rotatable bonds is 8. The average Bonchev–Trinajstić information content (AvgIpc) is 3.04. The van der Waals surface area contributed by atoms with Gasteiger partial charge >= 0.3 is 17.6 Å². The zero-order chi connectivity index (χ0) is 21.1. The number of carbonyl (C=O) groups is 3. The van der Waals surface area contributed by atoms with Gasteiger partial charge in [-0.3, -0.25) is 23.9 Å². The Morgan fingerprint density at radius 2 is 1.93 bits per heavy atom. The van der Waals surface area contributed by atoms with Crippen molar-refractivity contribution in [2.45, 2.75) is 37.7 Å². The number of carbonyl (C=O) groups excluding carboxylic acids is 1. The molecule has 0 saturated carbocycles. The van der Waals surface area contributed by atoms with Crippen LogP contribution in [0.3, 0.4) is 0 Å². The first-order valence-corrected chi connectivity index (χ1v) is 8.12. The molecular weight excluding hydrogens is 378 g/mol. The fraction of sp³-hybridized carbons (Fsp3) is 0.438. The van der Waals surface area contributed by atoms with E-state index < -0.39 is 59.9 Å². The molecule has 3 atom stereocenters. The topological polar surface area (TPSA) is 188 Å². The summed E-state index contributed by atoms with van der Waals surface area (Å²) in [6.45, 7) is 1.41. The summed E-state index contributed by atoms with van der Waals surface area (Å²) in [5.74, 6) is -4.28. The van der Waals surface area contributed by atoms with Crippen LogP contribution in [-0.4, -0.2) is 61.0 Å². The van der Waals surface area contributed by atoms with Gasteiger partial charge in [0.2, 0.25) is 5.91 Å². The number of aromatic nitrogens is 2. The van der Waals surface area contributed by atoms with E-state index in [1.165, 1.54) is 19.2 Å². The van der Waals surface area contributed by atoms with Crippen LogP contribution in [0, 0.1) is 6.92 Å². The van der Waals surface area contributed by atoms with Crippen molar-refractivity contribution in [2.75, 3.05) is 6.54 Å². The Morgan fingerprint density at radius 3 is 2.54 bits per heavy atom. The number of aryl methyl sites for hydroxylation is 1. The first-order valence-electron chi connectivity index (χ1n) is 8.12. The lowest BCUT2D eigenvalue weighted by Gasteiger charge is -2.21. The van der Waals surface area contributed by atoms with Crippen LogP contribution in [0.15, 0.2) is 27.9 Å². The highest BCUT2D eigenvalue weighted by molar-refractivity contribution is 5.90. The molecule has 1 aromatic heterocycles. The molecular formula is C16H19N3O9. The molecule has 1 aliphatic rings. The van der Waals surface area contributed by atoms with Gasteiger partial charge in [-0.2, -0.15) is 0 Å². The zero-order valence-electron chi connectivity index (χ0n) is 14.7. The lowest BCUT2D eigenvalue weighted by Crippen LogP contribution is -2.46. The lowest BCUT2D eigenvalue weighted by atomic mass is 9.95. The van der Waals surface area contributed by atoms with Crippen molar-refractivity contribution < 1.29 is 34.4 Å². The second-order valence-corrected chi connectivity index (χ2v) is 6.32. The van der Waals surface area contributed by atoms with E-state index in [4.69, 9.17) is 14.9 Å². The van der Waals surface area contributed by atoms with E-state index in [-0.39, 0.29) is 6.54 Å². The number of hydrogen-bond acceptors (Lipinski definition) is 7. The third-order valence-corrected chi connectivity index (χ3v) is 4.02. The van der Waals surface area contributed by atoms with Crippen molar-refractivity contribution in [2.24, 2.45) is 0 Å². The van der Waals surface area contributed by atoms with Gasteiger partial charge < -0.3 is 25.4 Å². The molecule has 5 N–H and O–H groups in total. The molecule has 1 aliphatic heterocycles. The number of ether oxygens (including phenoxy) is 1. The standard InChI is InChI=1S/C16H19N3O9/c1-8-7-19(15(26)18-13(8)23)11-3-2-9(28-11)6-17-10(20)4-16(27,14(24)25)5-12(21)22/h2-3,7,9,11,27H,4-6H2,1H3,(H,17,20)(H,21,22)(H,24,25)(H,18,23,26)/t9-,11+,16?/m0/s1. The molecule has 1 amide bonds. The Hall–Kier alpha value is -3.25. The number of aromatic amines is 1. The van der Waals surface area contributed by atoms with Crippen LogP contribution < -0.4 is 16.6 Å². The summed E-state index contributed by atoms with van der Waals surface area (Å²) in [6, 6.07) is 0. The number of hydrogen-bond donors (Lipinski definition) is 5. The summed E-state index contributed by atoms with van der Waals surface area (Å²) in [7, 11) is 0. The molecule has 2 heterocycles. The summed E-state index contributed by atoms with van der Waals surface area (Å²) in [4.78, 5) is 59.0. The SMILES string of the molecule is Cc1cn([C@H]2C=C[C@@H](CNC(=O)CC(O)(CC(=O)O)C(=O)O)O2)c(=O)[nH]c1=O. The van der Waals surface area contributed by atoms with Crippen molar-refractivity contribution in [3.05, 3.63) is 44.8 Å². The summed E-state index contributed by atoms with van der Waals surface area (Å²) in [6.07, 6.45) is 0.861. The Bertz CT molecular complexity index is 932. The highest BCUT2D eigenvalue weighted by atomic mass is 16.5. The molecule has 0 aromatic carbocycles. The fourth-order valence-electron chi connectivity index (χ4n) is 2.54. The molecule has 1 unspecified atom stereocenters. The smallest absolute Gasteiger partial charge is 0.336 e. The quantitative estimate of drug-likeness (QED) is 0.312. The molecule has 2 rings (SSSR count). The molecule has 12 heteroatoms. The Balaban J connectivity index is 1.94. The summed E-state index contributed by atoms with van der Waals surface area (Å²) in [5, 5.41) is 29.8. The van der Waals surface area contributed by atoms with Gasteiger partial charge in [-0.15, -0.1) is 0 Å². The van der Waals surface area contributed by atoms with Crippen molar-refractivity contribution in [3.63, 3.8) is 0 Å². The Labute approximate surface area is 157 Å².